The van der Waals surface area contributed by atoms with Crippen LogP contribution in [0.4, 0.5) is 4.79 Å². The van der Waals surface area contributed by atoms with E-state index < -0.39 is 5.60 Å². The molecule has 4 nitrogen and oxygen atoms in total. The summed E-state index contributed by atoms with van der Waals surface area (Å²) >= 11 is 1.74. The maximum Gasteiger partial charge on any atom is 0.410 e. The van der Waals surface area contributed by atoms with E-state index in [1.54, 1.807) is 11.3 Å². The van der Waals surface area contributed by atoms with E-state index in [9.17, 15) is 4.79 Å². The normalized spacial score (nSPS) is 29.1. The molecule has 1 aliphatic carbocycles. The number of nitrogens with zero attached hydrogens (tertiary/aromatic N) is 1. The Morgan fingerprint density at radius 1 is 1.43 bits per heavy atom. The molecule has 2 aliphatic rings. The number of hydrogen-bond acceptors (Lipinski definition) is 4. The number of likely N-dealkylation sites (tertiary alicyclic amines) is 1. The number of ether oxygens (including phenoxy) is 1. The van der Waals surface area contributed by atoms with Gasteiger partial charge in [0.2, 0.25) is 0 Å². The molecule has 3 rings (SSSR count). The minimum absolute atomic E-state index is 0.167. The summed E-state index contributed by atoms with van der Waals surface area (Å²) in [5.41, 5.74) is 0.948. The van der Waals surface area contributed by atoms with Gasteiger partial charge in [0, 0.05) is 25.2 Å². The number of nitrogens with one attached hydrogen (secondary N) is 1. The summed E-state index contributed by atoms with van der Waals surface area (Å²) in [5.74, 6) is 1.19. The zero-order valence-corrected chi connectivity index (χ0v) is 13.9. The van der Waals surface area contributed by atoms with Crippen LogP contribution in [0.2, 0.25) is 0 Å². The summed E-state index contributed by atoms with van der Waals surface area (Å²) in [7, 11) is 0. The summed E-state index contributed by atoms with van der Waals surface area (Å²) < 4.78 is 5.43. The van der Waals surface area contributed by atoms with Crippen LogP contribution in [0, 0.1) is 11.8 Å². The van der Waals surface area contributed by atoms with E-state index in [4.69, 9.17) is 4.74 Å². The summed E-state index contributed by atoms with van der Waals surface area (Å²) in [6, 6.07) is 3.12. The second-order valence-corrected chi connectivity index (χ2v) is 7.96. The molecule has 3 unspecified atom stereocenters. The Labute approximate surface area is 130 Å². The number of carbonyl (C=O) groups is 1. The third kappa shape index (κ3) is 3.24. The molecule has 1 amide bonds. The molecular formula is C16H24N2O2S. The largest absolute Gasteiger partial charge is 0.444 e. The van der Waals surface area contributed by atoms with Crippen molar-refractivity contribution in [3.63, 3.8) is 0 Å². The highest BCUT2D eigenvalue weighted by Crippen LogP contribution is 2.46. The smallest absolute Gasteiger partial charge is 0.410 e. The van der Waals surface area contributed by atoms with Crippen LogP contribution >= 0.6 is 11.3 Å². The minimum Gasteiger partial charge on any atom is -0.444 e. The quantitative estimate of drug-likeness (QED) is 0.932. The lowest BCUT2D eigenvalue weighted by atomic mass is 10.2. The van der Waals surface area contributed by atoms with Crippen molar-refractivity contribution in [2.45, 2.75) is 45.4 Å². The second kappa shape index (κ2) is 5.29. The predicted molar refractivity (Wildman–Crippen MR) is 84.4 cm³/mol. The van der Waals surface area contributed by atoms with Gasteiger partial charge in [-0.05, 0) is 61.9 Å². The van der Waals surface area contributed by atoms with Crippen molar-refractivity contribution in [1.82, 2.24) is 10.2 Å². The van der Waals surface area contributed by atoms with Crippen molar-refractivity contribution in [3.8, 4) is 0 Å². The zero-order valence-electron chi connectivity index (χ0n) is 13.1. The van der Waals surface area contributed by atoms with Crippen LogP contribution < -0.4 is 5.32 Å². The number of thiophene rings is 1. The number of rotatable bonds is 3. The number of hydrogen-bond donors (Lipinski definition) is 1. The lowest BCUT2D eigenvalue weighted by molar-refractivity contribution is 0.0269. The van der Waals surface area contributed by atoms with Gasteiger partial charge in [-0.3, -0.25) is 0 Å². The van der Waals surface area contributed by atoms with Crippen LogP contribution in [0.25, 0.3) is 0 Å². The van der Waals surface area contributed by atoms with Crippen LogP contribution in [-0.2, 0) is 4.74 Å². The summed E-state index contributed by atoms with van der Waals surface area (Å²) in [5, 5.41) is 8.01. The van der Waals surface area contributed by atoms with Gasteiger partial charge in [-0.1, -0.05) is 0 Å². The van der Waals surface area contributed by atoms with Gasteiger partial charge < -0.3 is 15.0 Å². The first-order chi connectivity index (χ1) is 9.85. The Bertz CT molecular complexity index is 497. The molecule has 2 fully saturated rings. The molecule has 1 N–H and O–H groups in total. The monoisotopic (exact) mass is 308 g/mol. The van der Waals surface area contributed by atoms with Crippen molar-refractivity contribution in [3.05, 3.63) is 22.4 Å². The van der Waals surface area contributed by atoms with E-state index in [-0.39, 0.29) is 6.09 Å². The Morgan fingerprint density at radius 3 is 2.62 bits per heavy atom. The van der Waals surface area contributed by atoms with Crippen LogP contribution in [-0.4, -0.2) is 35.7 Å². The fourth-order valence-corrected chi connectivity index (χ4v) is 3.91. The molecule has 0 spiro atoms. The standard InChI is InChI=1S/C16H24N2O2S/c1-10(11-5-6-21-9-11)17-14-12-7-18(8-13(12)14)15(19)20-16(2,3)4/h5-6,9-10,12-14,17H,7-8H2,1-4H3. The molecule has 1 saturated carbocycles. The zero-order chi connectivity index (χ0) is 15.2. The lowest BCUT2D eigenvalue weighted by Crippen LogP contribution is -2.39. The summed E-state index contributed by atoms with van der Waals surface area (Å²) in [6.45, 7) is 9.60. The van der Waals surface area contributed by atoms with Gasteiger partial charge in [0.25, 0.3) is 0 Å². The van der Waals surface area contributed by atoms with Crippen LogP contribution in [0.15, 0.2) is 16.8 Å². The molecule has 2 heterocycles. The topological polar surface area (TPSA) is 41.6 Å². The minimum atomic E-state index is -0.408. The number of piperidine rings is 1. The third-order valence-corrected chi connectivity index (χ3v) is 5.03. The first-order valence-electron chi connectivity index (χ1n) is 7.61. The second-order valence-electron chi connectivity index (χ2n) is 7.18. The average Bonchev–Trinajstić information content (AvgIpc) is 2.87. The molecule has 1 aromatic rings. The molecule has 3 atom stereocenters. The Morgan fingerprint density at radius 2 is 2.10 bits per heavy atom. The van der Waals surface area contributed by atoms with Gasteiger partial charge in [-0.15, -0.1) is 0 Å². The molecule has 1 aromatic heterocycles. The average molecular weight is 308 g/mol. The van der Waals surface area contributed by atoms with Gasteiger partial charge >= 0.3 is 6.09 Å². The summed E-state index contributed by atoms with van der Waals surface area (Å²) in [4.78, 5) is 13.9. The molecule has 1 saturated heterocycles. The fourth-order valence-electron chi connectivity index (χ4n) is 3.16. The maximum atomic E-state index is 12.0. The molecule has 21 heavy (non-hydrogen) atoms. The Balaban J connectivity index is 1.47. The van der Waals surface area contributed by atoms with Crippen LogP contribution in [0.1, 0.15) is 39.3 Å². The van der Waals surface area contributed by atoms with E-state index in [2.05, 4.69) is 29.1 Å². The van der Waals surface area contributed by atoms with Gasteiger partial charge in [0.1, 0.15) is 5.60 Å². The third-order valence-electron chi connectivity index (χ3n) is 4.33. The van der Waals surface area contributed by atoms with E-state index >= 15 is 0 Å². The Kier molecular flexibility index (Phi) is 3.74. The molecule has 0 radical (unpaired) electrons. The van der Waals surface area contributed by atoms with E-state index in [0.717, 1.165) is 13.1 Å². The van der Waals surface area contributed by atoms with Crippen molar-refractivity contribution in [1.29, 1.82) is 0 Å². The molecule has 0 bridgehead atoms. The fraction of sp³-hybridized carbons (Fsp3) is 0.688. The van der Waals surface area contributed by atoms with Gasteiger partial charge in [0.05, 0.1) is 0 Å². The molecule has 116 valence electrons. The highest BCUT2D eigenvalue weighted by atomic mass is 32.1. The van der Waals surface area contributed by atoms with Gasteiger partial charge in [-0.25, -0.2) is 4.79 Å². The molecule has 1 aliphatic heterocycles. The first-order valence-corrected chi connectivity index (χ1v) is 8.55. The van der Waals surface area contributed by atoms with Crippen molar-refractivity contribution < 1.29 is 9.53 Å². The van der Waals surface area contributed by atoms with Gasteiger partial charge in [0.15, 0.2) is 0 Å². The van der Waals surface area contributed by atoms with E-state index in [0.29, 0.717) is 23.9 Å². The number of fused-ring (bicyclic) bond motifs is 1. The van der Waals surface area contributed by atoms with E-state index in [1.807, 2.05) is 25.7 Å². The molecular weight excluding hydrogens is 284 g/mol. The van der Waals surface area contributed by atoms with Crippen LogP contribution in [0.5, 0.6) is 0 Å². The predicted octanol–water partition coefficient (Wildman–Crippen LogP) is 3.26. The summed E-state index contributed by atoms with van der Waals surface area (Å²) in [6.07, 6.45) is -0.167. The number of carbonyl (C=O) groups excluding carboxylic acids is 1. The molecule has 5 heteroatoms. The Hall–Kier alpha value is -1.07. The van der Waals surface area contributed by atoms with E-state index in [1.165, 1.54) is 5.56 Å². The highest BCUT2D eigenvalue weighted by Gasteiger charge is 2.57. The van der Waals surface area contributed by atoms with Crippen molar-refractivity contribution >= 4 is 17.4 Å². The maximum absolute atomic E-state index is 12.0. The van der Waals surface area contributed by atoms with Gasteiger partial charge in [-0.2, -0.15) is 11.3 Å². The SMILES string of the molecule is CC(NC1C2CN(C(=O)OC(C)(C)C)CC21)c1ccsc1. The van der Waals surface area contributed by atoms with Crippen molar-refractivity contribution in [2.24, 2.45) is 11.8 Å². The lowest BCUT2D eigenvalue weighted by Gasteiger charge is -2.26. The first kappa shape index (κ1) is 14.9. The highest BCUT2D eigenvalue weighted by molar-refractivity contribution is 7.07. The molecule has 0 aromatic carbocycles. The number of amides is 1. The van der Waals surface area contributed by atoms with Crippen LogP contribution in [0.3, 0.4) is 0 Å². The van der Waals surface area contributed by atoms with Crippen molar-refractivity contribution in [2.75, 3.05) is 13.1 Å².